The zero-order chi connectivity index (χ0) is 15.0. The fourth-order valence-electron chi connectivity index (χ4n) is 3.33. The minimum Gasteiger partial charge on any atom is -0.380 e. The maximum atomic E-state index is 6.12. The van der Waals surface area contributed by atoms with Crippen LogP contribution in [0.25, 0.3) is 0 Å². The monoisotopic (exact) mass is 284 g/mol. The van der Waals surface area contributed by atoms with Crippen molar-refractivity contribution >= 4 is 0 Å². The zero-order valence-corrected chi connectivity index (χ0v) is 14.2. The molecule has 3 unspecified atom stereocenters. The Morgan fingerprint density at radius 3 is 2.55 bits per heavy atom. The summed E-state index contributed by atoms with van der Waals surface area (Å²) < 4.78 is 5.65. The van der Waals surface area contributed by atoms with Gasteiger partial charge in [0.05, 0.1) is 6.10 Å². The molecule has 0 aliphatic carbocycles. The molecule has 120 valence electrons. The van der Waals surface area contributed by atoms with Crippen LogP contribution < -0.4 is 5.73 Å². The van der Waals surface area contributed by atoms with Crippen molar-refractivity contribution in [2.45, 2.75) is 77.4 Å². The van der Waals surface area contributed by atoms with Gasteiger partial charge >= 0.3 is 0 Å². The summed E-state index contributed by atoms with van der Waals surface area (Å²) in [5, 5.41) is 0. The number of piperidine rings is 1. The Kier molecular flexibility index (Phi) is 8.08. The number of ether oxygens (including phenoxy) is 1. The molecule has 1 fully saturated rings. The molecule has 0 aromatic carbocycles. The number of nitrogens with two attached hydrogens (primary N) is 1. The molecule has 3 atom stereocenters. The predicted octanol–water partition coefficient (Wildman–Crippen LogP) is 3.42. The van der Waals surface area contributed by atoms with Gasteiger partial charge in [0.2, 0.25) is 0 Å². The van der Waals surface area contributed by atoms with Crippen LogP contribution in [0.15, 0.2) is 0 Å². The quantitative estimate of drug-likeness (QED) is 0.659. The Labute approximate surface area is 126 Å². The summed E-state index contributed by atoms with van der Waals surface area (Å²) >= 11 is 0. The van der Waals surface area contributed by atoms with Gasteiger partial charge in [-0.25, -0.2) is 0 Å². The Morgan fingerprint density at radius 2 is 1.95 bits per heavy atom. The highest BCUT2D eigenvalue weighted by Gasteiger charge is 2.36. The van der Waals surface area contributed by atoms with Crippen LogP contribution in [-0.4, -0.2) is 43.3 Å². The van der Waals surface area contributed by atoms with E-state index in [0.717, 1.165) is 13.1 Å². The number of methoxy groups -OCH3 is 1. The lowest BCUT2D eigenvalue weighted by atomic mass is 9.87. The highest BCUT2D eigenvalue weighted by Crippen LogP contribution is 2.29. The lowest BCUT2D eigenvalue weighted by Gasteiger charge is -2.46. The third kappa shape index (κ3) is 5.01. The SMILES string of the molecule is CCCCCCCC(C)(CN)N1CCC(C)C(OC)C1. The molecule has 0 aromatic rings. The van der Waals surface area contributed by atoms with Crippen LogP contribution >= 0.6 is 0 Å². The van der Waals surface area contributed by atoms with Crippen molar-refractivity contribution in [3.05, 3.63) is 0 Å². The lowest BCUT2D eigenvalue weighted by molar-refractivity contribution is -0.0426. The van der Waals surface area contributed by atoms with Gasteiger partial charge in [-0.05, 0) is 32.2 Å². The molecule has 0 amide bonds. The fourth-order valence-corrected chi connectivity index (χ4v) is 3.33. The first-order chi connectivity index (χ1) is 9.57. The maximum Gasteiger partial charge on any atom is 0.0724 e. The van der Waals surface area contributed by atoms with E-state index in [0.29, 0.717) is 12.0 Å². The lowest BCUT2D eigenvalue weighted by Crippen LogP contribution is -2.57. The van der Waals surface area contributed by atoms with Crippen LogP contribution in [-0.2, 0) is 4.74 Å². The van der Waals surface area contributed by atoms with Crippen molar-refractivity contribution in [1.82, 2.24) is 4.90 Å². The number of hydrogen-bond donors (Lipinski definition) is 1. The van der Waals surface area contributed by atoms with Crippen LogP contribution in [0.4, 0.5) is 0 Å². The fraction of sp³-hybridized carbons (Fsp3) is 1.00. The molecule has 1 heterocycles. The van der Waals surface area contributed by atoms with Crippen molar-refractivity contribution in [3.63, 3.8) is 0 Å². The molecular formula is C17H36N2O. The highest BCUT2D eigenvalue weighted by molar-refractivity contribution is 4.92. The smallest absolute Gasteiger partial charge is 0.0724 e. The van der Waals surface area contributed by atoms with E-state index in [1.54, 1.807) is 0 Å². The molecule has 3 nitrogen and oxygen atoms in total. The van der Waals surface area contributed by atoms with Gasteiger partial charge in [-0.1, -0.05) is 46.0 Å². The molecule has 0 bridgehead atoms. The van der Waals surface area contributed by atoms with Crippen molar-refractivity contribution in [2.24, 2.45) is 11.7 Å². The Balaban J connectivity index is 2.46. The second-order valence-electron chi connectivity index (χ2n) is 6.85. The van der Waals surface area contributed by atoms with Crippen molar-refractivity contribution in [3.8, 4) is 0 Å². The molecule has 20 heavy (non-hydrogen) atoms. The van der Waals surface area contributed by atoms with E-state index in [2.05, 4.69) is 25.7 Å². The van der Waals surface area contributed by atoms with Crippen LogP contribution in [0.1, 0.15) is 65.7 Å². The van der Waals surface area contributed by atoms with Gasteiger partial charge in [-0.3, -0.25) is 4.90 Å². The van der Waals surface area contributed by atoms with Crippen LogP contribution in [0.3, 0.4) is 0 Å². The molecule has 0 aromatic heterocycles. The minimum atomic E-state index is 0.156. The first kappa shape index (κ1) is 17.9. The normalized spacial score (nSPS) is 27.4. The van der Waals surface area contributed by atoms with Crippen molar-refractivity contribution in [2.75, 3.05) is 26.7 Å². The van der Waals surface area contributed by atoms with Gasteiger partial charge in [0.1, 0.15) is 0 Å². The standard InChI is InChI=1S/C17H36N2O/c1-5-6-7-8-9-11-17(3,14-18)19-12-10-15(2)16(13-19)20-4/h15-16H,5-14,18H2,1-4H3. The summed E-state index contributed by atoms with van der Waals surface area (Å²) in [6.07, 6.45) is 9.52. The van der Waals surface area contributed by atoms with E-state index < -0.39 is 0 Å². The Hall–Kier alpha value is -0.120. The van der Waals surface area contributed by atoms with Crippen molar-refractivity contribution < 1.29 is 4.74 Å². The number of hydrogen-bond acceptors (Lipinski definition) is 3. The van der Waals surface area contributed by atoms with Crippen LogP contribution in [0.5, 0.6) is 0 Å². The van der Waals surface area contributed by atoms with Gasteiger partial charge in [0, 0.05) is 25.7 Å². The molecular weight excluding hydrogens is 248 g/mol. The summed E-state index contributed by atoms with van der Waals surface area (Å²) in [4.78, 5) is 2.58. The maximum absolute atomic E-state index is 6.12. The molecule has 1 rings (SSSR count). The summed E-state index contributed by atoms with van der Waals surface area (Å²) in [7, 11) is 1.84. The Bertz CT molecular complexity index is 259. The summed E-state index contributed by atoms with van der Waals surface area (Å²) in [6.45, 7) is 9.88. The van der Waals surface area contributed by atoms with E-state index >= 15 is 0 Å². The number of rotatable bonds is 9. The second kappa shape index (κ2) is 9.01. The summed E-state index contributed by atoms with van der Waals surface area (Å²) in [5.41, 5.74) is 6.27. The van der Waals surface area contributed by atoms with Crippen LogP contribution in [0.2, 0.25) is 0 Å². The first-order valence-electron chi connectivity index (χ1n) is 8.55. The molecule has 3 heteroatoms. The van der Waals surface area contributed by atoms with E-state index in [4.69, 9.17) is 10.5 Å². The number of nitrogens with zero attached hydrogens (tertiary/aromatic N) is 1. The molecule has 1 saturated heterocycles. The largest absolute Gasteiger partial charge is 0.380 e. The Morgan fingerprint density at radius 1 is 1.25 bits per heavy atom. The van der Waals surface area contributed by atoms with Gasteiger partial charge < -0.3 is 10.5 Å². The van der Waals surface area contributed by atoms with E-state index in [-0.39, 0.29) is 5.54 Å². The number of likely N-dealkylation sites (tertiary alicyclic amines) is 1. The third-order valence-electron chi connectivity index (χ3n) is 5.21. The van der Waals surface area contributed by atoms with Gasteiger partial charge in [0.15, 0.2) is 0 Å². The van der Waals surface area contributed by atoms with Gasteiger partial charge in [-0.2, -0.15) is 0 Å². The molecule has 2 N–H and O–H groups in total. The first-order valence-corrected chi connectivity index (χ1v) is 8.55. The second-order valence-corrected chi connectivity index (χ2v) is 6.85. The van der Waals surface area contributed by atoms with E-state index in [9.17, 15) is 0 Å². The molecule has 0 spiro atoms. The highest BCUT2D eigenvalue weighted by atomic mass is 16.5. The third-order valence-corrected chi connectivity index (χ3v) is 5.21. The van der Waals surface area contributed by atoms with E-state index in [1.807, 2.05) is 7.11 Å². The van der Waals surface area contributed by atoms with Crippen LogP contribution in [0, 0.1) is 5.92 Å². The summed E-state index contributed by atoms with van der Waals surface area (Å²) in [5.74, 6) is 0.669. The zero-order valence-electron chi connectivity index (χ0n) is 14.2. The molecule has 1 aliphatic heterocycles. The topological polar surface area (TPSA) is 38.5 Å². The van der Waals surface area contributed by atoms with Crippen molar-refractivity contribution in [1.29, 1.82) is 0 Å². The minimum absolute atomic E-state index is 0.156. The molecule has 1 aliphatic rings. The average molecular weight is 284 g/mol. The number of unbranched alkanes of at least 4 members (excludes halogenated alkanes) is 4. The molecule has 0 radical (unpaired) electrons. The summed E-state index contributed by atoms with van der Waals surface area (Å²) in [6, 6.07) is 0. The average Bonchev–Trinajstić information content (AvgIpc) is 2.47. The molecule has 0 saturated carbocycles. The van der Waals surface area contributed by atoms with E-state index in [1.165, 1.54) is 51.5 Å². The van der Waals surface area contributed by atoms with Gasteiger partial charge in [-0.15, -0.1) is 0 Å². The predicted molar refractivity (Wildman–Crippen MR) is 87.0 cm³/mol. The van der Waals surface area contributed by atoms with Gasteiger partial charge in [0.25, 0.3) is 0 Å².